The molecule has 0 rings (SSSR count). The molecule has 0 unspecified atom stereocenters. The fourth-order valence-corrected chi connectivity index (χ4v) is 0.346. The van der Waals surface area contributed by atoms with Gasteiger partial charge in [-0.25, -0.2) is 4.79 Å². The number of rotatable bonds is 4. The van der Waals surface area contributed by atoms with Gasteiger partial charge in [0.1, 0.15) is 12.7 Å². The van der Waals surface area contributed by atoms with E-state index in [1.807, 2.05) is 0 Å². The van der Waals surface area contributed by atoms with Crippen molar-refractivity contribution < 1.29 is 19.4 Å². The fraction of sp³-hybridized carbons (Fsp3) is 0.833. The normalized spacial score (nSPS) is 12.7. The number of carbonyl (C=O) groups is 1. The monoisotopic (exact) mass is 148 g/mol. The highest BCUT2D eigenvalue weighted by molar-refractivity contribution is 5.73. The molecule has 0 aliphatic heterocycles. The van der Waals surface area contributed by atoms with Crippen molar-refractivity contribution in [2.45, 2.75) is 13.0 Å². The van der Waals surface area contributed by atoms with Crippen LogP contribution >= 0.6 is 0 Å². The number of aliphatic hydroxyl groups is 1. The van der Waals surface area contributed by atoms with Crippen molar-refractivity contribution in [2.75, 3.05) is 20.3 Å². The minimum atomic E-state index is -1.04. The van der Waals surface area contributed by atoms with Crippen LogP contribution in [-0.2, 0) is 14.3 Å². The summed E-state index contributed by atoms with van der Waals surface area (Å²) < 4.78 is 9.14. The lowest BCUT2D eigenvalue weighted by atomic mass is 10.4. The maximum absolute atomic E-state index is 10.5. The van der Waals surface area contributed by atoms with Crippen molar-refractivity contribution in [1.82, 2.24) is 0 Å². The number of esters is 1. The molecule has 60 valence electrons. The van der Waals surface area contributed by atoms with Crippen LogP contribution in [0, 0.1) is 0 Å². The van der Waals surface area contributed by atoms with E-state index in [-0.39, 0.29) is 6.61 Å². The van der Waals surface area contributed by atoms with Crippen LogP contribution in [0.2, 0.25) is 0 Å². The average molecular weight is 148 g/mol. The quantitative estimate of drug-likeness (QED) is 0.433. The van der Waals surface area contributed by atoms with Crippen LogP contribution in [0.4, 0.5) is 0 Å². The predicted octanol–water partition coefficient (Wildman–Crippen LogP) is -0.443. The zero-order valence-electron chi connectivity index (χ0n) is 6.16. The maximum Gasteiger partial charge on any atom is 0.334 e. The summed E-state index contributed by atoms with van der Waals surface area (Å²) in [6.07, 6.45) is -1.04. The third kappa shape index (κ3) is 4.29. The zero-order chi connectivity index (χ0) is 7.98. The van der Waals surface area contributed by atoms with Gasteiger partial charge in [-0.05, 0) is 6.92 Å². The van der Waals surface area contributed by atoms with Gasteiger partial charge in [0.15, 0.2) is 0 Å². The average Bonchev–Trinajstić information content (AvgIpc) is 1.88. The standard InChI is InChI=1S/C6H12O4/c1-5(7)6(8)10-4-3-9-2/h5,7H,3-4H2,1-2H3/t5-/m0/s1. The molecule has 1 atom stereocenters. The van der Waals surface area contributed by atoms with Gasteiger partial charge in [0.2, 0.25) is 0 Å². The third-order valence-corrected chi connectivity index (χ3v) is 0.873. The summed E-state index contributed by atoms with van der Waals surface area (Å²) in [6, 6.07) is 0. The Morgan fingerprint density at radius 3 is 2.60 bits per heavy atom. The molecule has 0 aliphatic carbocycles. The second-order valence-corrected chi connectivity index (χ2v) is 1.84. The Kier molecular flexibility index (Phi) is 4.88. The van der Waals surface area contributed by atoms with E-state index >= 15 is 0 Å². The lowest BCUT2D eigenvalue weighted by molar-refractivity contribution is -0.153. The van der Waals surface area contributed by atoms with Crippen LogP contribution < -0.4 is 0 Å². The maximum atomic E-state index is 10.5. The highest BCUT2D eigenvalue weighted by Crippen LogP contribution is 1.85. The molecule has 0 aliphatic rings. The van der Waals surface area contributed by atoms with Gasteiger partial charge in [0, 0.05) is 7.11 Å². The molecule has 0 aromatic rings. The summed E-state index contributed by atoms with van der Waals surface area (Å²) in [5.41, 5.74) is 0. The van der Waals surface area contributed by atoms with Gasteiger partial charge in [0.25, 0.3) is 0 Å². The van der Waals surface area contributed by atoms with Gasteiger partial charge in [-0.3, -0.25) is 0 Å². The molecule has 0 heterocycles. The Bertz CT molecular complexity index is 99.9. The number of hydrogen-bond donors (Lipinski definition) is 1. The molecular weight excluding hydrogens is 136 g/mol. The highest BCUT2D eigenvalue weighted by atomic mass is 16.6. The Morgan fingerprint density at radius 2 is 2.20 bits per heavy atom. The number of ether oxygens (including phenoxy) is 2. The highest BCUT2D eigenvalue weighted by Gasteiger charge is 2.08. The Morgan fingerprint density at radius 1 is 1.60 bits per heavy atom. The van der Waals surface area contributed by atoms with E-state index in [2.05, 4.69) is 9.47 Å². The molecule has 10 heavy (non-hydrogen) atoms. The van der Waals surface area contributed by atoms with Crippen molar-refractivity contribution in [3.63, 3.8) is 0 Å². The number of carbonyl (C=O) groups excluding carboxylic acids is 1. The van der Waals surface area contributed by atoms with Crippen LogP contribution in [0.5, 0.6) is 0 Å². The van der Waals surface area contributed by atoms with Crippen molar-refractivity contribution >= 4 is 5.97 Å². The van der Waals surface area contributed by atoms with Crippen LogP contribution in [-0.4, -0.2) is 37.5 Å². The number of methoxy groups -OCH3 is 1. The SMILES string of the molecule is COCCOC(=O)[C@H](C)O. The van der Waals surface area contributed by atoms with E-state index in [4.69, 9.17) is 5.11 Å². The van der Waals surface area contributed by atoms with E-state index in [1.54, 1.807) is 0 Å². The smallest absolute Gasteiger partial charge is 0.334 e. The molecule has 0 bridgehead atoms. The summed E-state index contributed by atoms with van der Waals surface area (Å²) in [4.78, 5) is 10.5. The van der Waals surface area contributed by atoms with Gasteiger partial charge < -0.3 is 14.6 Å². The molecular formula is C6H12O4. The van der Waals surface area contributed by atoms with Gasteiger partial charge >= 0.3 is 5.97 Å². The van der Waals surface area contributed by atoms with E-state index < -0.39 is 12.1 Å². The molecule has 0 aromatic carbocycles. The Balaban J connectivity index is 3.22. The van der Waals surface area contributed by atoms with Gasteiger partial charge in [0.05, 0.1) is 6.61 Å². The number of aliphatic hydroxyl groups excluding tert-OH is 1. The minimum Gasteiger partial charge on any atom is -0.461 e. The lowest BCUT2D eigenvalue weighted by Gasteiger charge is -2.04. The first-order valence-electron chi connectivity index (χ1n) is 3.02. The molecule has 0 radical (unpaired) electrons. The van der Waals surface area contributed by atoms with Crippen LogP contribution in [0.3, 0.4) is 0 Å². The first kappa shape index (κ1) is 9.39. The van der Waals surface area contributed by atoms with Crippen LogP contribution in [0.15, 0.2) is 0 Å². The van der Waals surface area contributed by atoms with Crippen LogP contribution in [0.25, 0.3) is 0 Å². The van der Waals surface area contributed by atoms with Crippen LogP contribution in [0.1, 0.15) is 6.92 Å². The zero-order valence-corrected chi connectivity index (χ0v) is 6.16. The van der Waals surface area contributed by atoms with E-state index in [0.29, 0.717) is 6.61 Å². The van der Waals surface area contributed by atoms with E-state index in [1.165, 1.54) is 14.0 Å². The first-order chi connectivity index (χ1) is 4.68. The molecule has 0 fully saturated rings. The predicted molar refractivity (Wildman–Crippen MR) is 34.5 cm³/mol. The van der Waals surface area contributed by atoms with Gasteiger partial charge in [-0.15, -0.1) is 0 Å². The molecule has 4 nitrogen and oxygen atoms in total. The topological polar surface area (TPSA) is 55.8 Å². The second kappa shape index (κ2) is 5.20. The molecule has 0 aromatic heterocycles. The van der Waals surface area contributed by atoms with Crippen molar-refractivity contribution in [1.29, 1.82) is 0 Å². The summed E-state index contributed by atoms with van der Waals surface area (Å²) in [5, 5.41) is 8.60. The molecule has 0 spiro atoms. The molecule has 1 N–H and O–H groups in total. The largest absolute Gasteiger partial charge is 0.461 e. The van der Waals surface area contributed by atoms with E-state index in [9.17, 15) is 4.79 Å². The Labute approximate surface area is 59.7 Å². The number of hydrogen-bond acceptors (Lipinski definition) is 4. The summed E-state index contributed by atoms with van der Waals surface area (Å²) in [6.45, 7) is 1.91. The lowest BCUT2D eigenvalue weighted by Crippen LogP contribution is -2.21. The Hall–Kier alpha value is -0.610. The fourth-order valence-electron chi connectivity index (χ4n) is 0.346. The first-order valence-corrected chi connectivity index (χ1v) is 3.02. The van der Waals surface area contributed by atoms with Crippen molar-refractivity contribution in [3.8, 4) is 0 Å². The third-order valence-electron chi connectivity index (χ3n) is 0.873. The van der Waals surface area contributed by atoms with Gasteiger partial charge in [-0.2, -0.15) is 0 Å². The molecule has 0 amide bonds. The minimum absolute atomic E-state index is 0.195. The molecule has 4 heteroatoms. The molecule has 0 saturated carbocycles. The second-order valence-electron chi connectivity index (χ2n) is 1.84. The van der Waals surface area contributed by atoms with Crippen molar-refractivity contribution in [2.24, 2.45) is 0 Å². The van der Waals surface area contributed by atoms with Gasteiger partial charge in [-0.1, -0.05) is 0 Å². The van der Waals surface area contributed by atoms with E-state index in [0.717, 1.165) is 0 Å². The summed E-state index contributed by atoms with van der Waals surface area (Å²) >= 11 is 0. The summed E-state index contributed by atoms with van der Waals surface area (Å²) in [7, 11) is 1.51. The molecule has 0 saturated heterocycles. The summed E-state index contributed by atoms with van der Waals surface area (Å²) in [5.74, 6) is -0.614. The van der Waals surface area contributed by atoms with Crippen molar-refractivity contribution in [3.05, 3.63) is 0 Å².